The maximum atomic E-state index is 10.4. The van der Waals surface area contributed by atoms with Crippen LogP contribution in [0.3, 0.4) is 0 Å². The summed E-state index contributed by atoms with van der Waals surface area (Å²) in [5, 5.41) is 15.2. The molecule has 0 aliphatic rings. The van der Waals surface area contributed by atoms with Crippen molar-refractivity contribution in [3.05, 3.63) is 36.2 Å². The molecule has 2 rings (SSSR count). The lowest BCUT2D eigenvalue weighted by Gasteiger charge is -1.94. The molecule has 1 aromatic heterocycles. The fraction of sp³-hybridized carbons (Fsp3) is 0.308. The number of amides is 1. The molecule has 0 radical (unpaired) electrons. The van der Waals surface area contributed by atoms with Crippen LogP contribution in [0.5, 0.6) is 5.75 Å². The van der Waals surface area contributed by atoms with Crippen molar-refractivity contribution in [1.29, 1.82) is 0 Å². The van der Waals surface area contributed by atoms with E-state index in [4.69, 9.17) is 5.11 Å². The van der Waals surface area contributed by atoms with Gasteiger partial charge in [-0.05, 0) is 24.1 Å². The van der Waals surface area contributed by atoms with E-state index in [1.807, 2.05) is 12.1 Å². The topological polar surface area (TPSA) is 80.0 Å². The number of nitrogens with one attached hydrogen (secondary N) is 1. The number of anilines is 1. The van der Waals surface area contributed by atoms with Gasteiger partial charge in [0, 0.05) is 14.0 Å². The highest BCUT2D eigenvalue weighted by Crippen LogP contribution is 2.10. The van der Waals surface area contributed by atoms with Crippen LogP contribution in [0, 0.1) is 0 Å². The number of carbonyl (C=O) groups is 1. The van der Waals surface area contributed by atoms with Gasteiger partial charge in [-0.2, -0.15) is 0 Å². The Morgan fingerprint density at radius 1 is 1.47 bits per heavy atom. The minimum absolute atomic E-state index is 0.161. The van der Waals surface area contributed by atoms with E-state index in [9.17, 15) is 4.79 Å². The summed E-state index contributed by atoms with van der Waals surface area (Å²) < 4.78 is 1.52. The average molecular weight is 262 g/mol. The maximum absolute atomic E-state index is 10.4. The number of hydrogen-bond donors (Lipinski definition) is 2. The summed E-state index contributed by atoms with van der Waals surface area (Å²) in [7, 11) is 1.73. The molecular formula is C13H18N4O2. The van der Waals surface area contributed by atoms with E-state index in [1.54, 1.807) is 19.2 Å². The van der Waals surface area contributed by atoms with E-state index in [2.05, 4.69) is 22.3 Å². The lowest BCUT2D eigenvalue weighted by atomic mass is 10.2. The van der Waals surface area contributed by atoms with Gasteiger partial charge < -0.3 is 5.11 Å². The lowest BCUT2D eigenvalue weighted by Crippen LogP contribution is -2.07. The van der Waals surface area contributed by atoms with E-state index in [0.29, 0.717) is 11.7 Å². The second-order valence-electron chi connectivity index (χ2n) is 3.95. The Morgan fingerprint density at radius 3 is 2.63 bits per heavy atom. The second-order valence-corrected chi connectivity index (χ2v) is 3.95. The van der Waals surface area contributed by atoms with E-state index >= 15 is 0 Å². The third-order valence-electron chi connectivity index (χ3n) is 2.21. The van der Waals surface area contributed by atoms with Crippen LogP contribution in [0.4, 0.5) is 5.95 Å². The lowest BCUT2D eigenvalue weighted by molar-refractivity contribution is -0.114. The number of carbonyl (C=O) groups excluding carboxylic acids is 1. The standard InChI is InChI=1S/C8H10O.C5H8N4O/c1-2-7-4-3-5-8(9)6-7;1-4(10)7-5-6-3-9(2)8-5/h3-6,9H,2H2,1H3;3H,1-2H3,(H,7,8,10). The molecular weight excluding hydrogens is 244 g/mol. The molecule has 0 saturated heterocycles. The summed E-state index contributed by atoms with van der Waals surface area (Å²) in [6, 6.07) is 7.31. The molecule has 6 nitrogen and oxygen atoms in total. The predicted molar refractivity (Wildman–Crippen MR) is 72.8 cm³/mol. The highest BCUT2D eigenvalue weighted by atomic mass is 16.3. The average Bonchev–Trinajstić information content (AvgIpc) is 2.74. The van der Waals surface area contributed by atoms with Crippen LogP contribution in [0.2, 0.25) is 0 Å². The van der Waals surface area contributed by atoms with Gasteiger partial charge in [0.1, 0.15) is 12.1 Å². The molecule has 2 N–H and O–H groups in total. The van der Waals surface area contributed by atoms with Gasteiger partial charge in [0.2, 0.25) is 11.9 Å². The normalized spacial score (nSPS) is 9.42. The number of phenols is 1. The Kier molecular flexibility index (Phi) is 5.53. The Morgan fingerprint density at radius 2 is 2.21 bits per heavy atom. The first-order chi connectivity index (χ1) is 9.01. The number of benzene rings is 1. The van der Waals surface area contributed by atoms with E-state index in [1.165, 1.54) is 23.5 Å². The quantitative estimate of drug-likeness (QED) is 0.863. The van der Waals surface area contributed by atoms with Crippen LogP contribution in [0.1, 0.15) is 19.4 Å². The zero-order chi connectivity index (χ0) is 14.3. The Hall–Kier alpha value is -2.37. The number of hydrogen-bond acceptors (Lipinski definition) is 4. The molecule has 0 spiro atoms. The molecule has 2 aromatic rings. The van der Waals surface area contributed by atoms with Crippen molar-refractivity contribution in [2.24, 2.45) is 7.05 Å². The molecule has 102 valence electrons. The minimum atomic E-state index is -0.161. The maximum Gasteiger partial charge on any atom is 0.248 e. The number of aryl methyl sites for hydroxylation is 2. The van der Waals surface area contributed by atoms with Crippen LogP contribution >= 0.6 is 0 Å². The third kappa shape index (κ3) is 5.67. The van der Waals surface area contributed by atoms with Gasteiger partial charge in [0.25, 0.3) is 0 Å². The van der Waals surface area contributed by atoms with Gasteiger partial charge in [-0.3, -0.25) is 14.8 Å². The number of rotatable bonds is 2. The van der Waals surface area contributed by atoms with Crippen molar-refractivity contribution in [3.8, 4) is 5.75 Å². The molecule has 0 aliphatic heterocycles. The smallest absolute Gasteiger partial charge is 0.248 e. The van der Waals surface area contributed by atoms with Crippen LogP contribution in [-0.2, 0) is 18.3 Å². The fourth-order valence-electron chi connectivity index (χ4n) is 1.33. The molecule has 0 atom stereocenters. The van der Waals surface area contributed by atoms with Gasteiger partial charge in [0.05, 0.1) is 0 Å². The van der Waals surface area contributed by atoms with Crippen molar-refractivity contribution in [2.45, 2.75) is 20.3 Å². The zero-order valence-corrected chi connectivity index (χ0v) is 11.3. The van der Waals surface area contributed by atoms with Crippen LogP contribution < -0.4 is 5.32 Å². The molecule has 0 saturated carbocycles. The summed E-state index contributed by atoms with van der Waals surface area (Å²) in [6.07, 6.45) is 2.50. The largest absolute Gasteiger partial charge is 0.508 e. The van der Waals surface area contributed by atoms with Crippen LogP contribution in [0.25, 0.3) is 0 Å². The summed E-state index contributed by atoms with van der Waals surface area (Å²) in [6.45, 7) is 3.48. The molecule has 0 fully saturated rings. The molecule has 19 heavy (non-hydrogen) atoms. The van der Waals surface area contributed by atoms with Crippen molar-refractivity contribution in [3.63, 3.8) is 0 Å². The Labute approximate surface area is 112 Å². The van der Waals surface area contributed by atoms with Gasteiger partial charge in [-0.1, -0.05) is 19.1 Å². The first kappa shape index (κ1) is 14.7. The molecule has 0 unspecified atom stereocenters. The number of aromatic nitrogens is 3. The highest BCUT2D eigenvalue weighted by molar-refractivity contribution is 5.86. The SMILES string of the molecule is CC(=O)Nc1ncn(C)n1.CCc1cccc(O)c1. The molecule has 0 aliphatic carbocycles. The number of phenolic OH excluding ortho intramolecular Hbond substituents is 1. The summed E-state index contributed by atoms with van der Waals surface area (Å²) in [5.41, 5.74) is 1.18. The third-order valence-corrected chi connectivity index (χ3v) is 2.21. The van der Waals surface area contributed by atoms with Crippen molar-refractivity contribution < 1.29 is 9.90 Å². The number of aromatic hydroxyl groups is 1. The molecule has 1 aromatic carbocycles. The van der Waals surface area contributed by atoms with Gasteiger partial charge in [-0.15, -0.1) is 5.10 Å². The number of nitrogens with zero attached hydrogens (tertiary/aromatic N) is 3. The minimum Gasteiger partial charge on any atom is -0.508 e. The second kappa shape index (κ2) is 7.15. The van der Waals surface area contributed by atoms with Crippen LogP contribution in [0.15, 0.2) is 30.6 Å². The van der Waals surface area contributed by atoms with Crippen LogP contribution in [-0.4, -0.2) is 25.8 Å². The first-order valence-electron chi connectivity index (χ1n) is 5.92. The Balaban J connectivity index is 0.000000191. The van der Waals surface area contributed by atoms with E-state index < -0.39 is 0 Å². The molecule has 1 amide bonds. The Bertz CT molecular complexity index is 537. The highest BCUT2D eigenvalue weighted by Gasteiger charge is 1.97. The van der Waals surface area contributed by atoms with Gasteiger partial charge in [-0.25, -0.2) is 4.98 Å². The molecule has 1 heterocycles. The molecule has 6 heteroatoms. The predicted octanol–water partition coefficient (Wildman–Crippen LogP) is 1.73. The zero-order valence-electron chi connectivity index (χ0n) is 11.3. The van der Waals surface area contributed by atoms with Crippen molar-refractivity contribution in [2.75, 3.05) is 5.32 Å². The van der Waals surface area contributed by atoms with E-state index in [-0.39, 0.29) is 5.91 Å². The van der Waals surface area contributed by atoms with Gasteiger partial charge >= 0.3 is 0 Å². The van der Waals surface area contributed by atoms with E-state index in [0.717, 1.165) is 6.42 Å². The van der Waals surface area contributed by atoms with Crippen molar-refractivity contribution in [1.82, 2.24) is 14.8 Å². The summed E-state index contributed by atoms with van der Waals surface area (Å²) >= 11 is 0. The van der Waals surface area contributed by atoms with Gasteiger partial charge in [0.15, 0.2) is 0 Å². The fourth-order valence-corrected chi connectivity index (χ4v) is 1.33. The first-order valence-corrected chi connectivity index (χ1v) is 5.92. The summed E-state index contributed by atoms with van der Waals surface area (Å²) in [4.78, 5) is 14.2. The summed E-state index contributed by atoms with van der Waals surface area (Å²) in [5.74, 6) is 0.538. The van der Waals surface area contributed by atoms with Crippen molar-refractivity contribution >= 4 is 11.9 Å². The molecule has 0 bridgehead atoms. The monoisotopic (exact) mass is 262 g/mol.